The van der Waals surface area contributed by atoms with Gasteiger partial charge in [0, 0.05) is 6.04 Å². The highest BCUT2D eigenvalue weighted by Crippen LogP contribution is 2.59. The van der Waals surface area contributed by atoms with Gasteiger partial charge in [0.15, 0.2) is 0 Å². The summed E-state index contributed by atoms with van der Waals surface area (Å²) in [5.74, 6) is 3.84. The van der Waals surface area contributed by atoms with Crippen molar-refractivity contribution in [2.45, 2.75) is 58.4 Å². The number of fused-ring (bicyclic) bond motifs is 1. The Morgan fingerprint density at radius 2 is 1.93 bits per heavy atom. The van der Waals surface area contributed by atoms with E-state index in [4.69, 9.17) is 5.73 Å². The third-order valence-electron chi connectivity index (χ3n) is 4.42. The first-order chi connectivity index (χ1) is 6.74. The van der Waals surface area contributed by atoms with E-state index in [0.29, 0.717) is 6.04 Å². The SMILES string of the molecule is CCCC(C)CC(N)C1C2CCCC21. The van der Waals surface area contributed by atoms with Gasteiger partial charge >= 0.3 is 0 Å². The van der Waals surface area contributed by atoms with E-state index >= 15 is 0 Å². The Hall–Kier alpha value is -0.0400. The highest BCUT2D eigenvalue weighted by molar-refractivity contribution is 5.05. The van der Waals surface area contributed by atoms with Crippen LogP contribution in [0.15, 0.2) is 0 Å². The van der Waals surface area contributed by atoms with Crippen molar-refractivity contribution < 1.29 is 0 Å². The summed E-state index contributed by atoms with van der Waals surface area (Å²) in [6, 6.07) is 0.520. The number of nitrogens with two attached hydrogens (primary N) is 1. The molecule has 2 rings (SSSR count). The van der Waals surface area contributed by atoms with E-state index in [2.05, 4.69) is 13.8 Å². The molecule has 0 aromatic rings. The predicted molar refractivity (Wildman–Crippen MR) is 61.0 cm³/mol. The Morgan fingerprint density at radius 1 is 1.29 bits per heavy atom. The second-order valence-electron chi connectivity index (χ2n) is 5.63. The largest absolute Gasteiger partial charge is 0.327 e. The molecule has 1 nitrogen and oxygen atoms in total. The van der Waals surface area contributed by atoms with Crippen LogP contribution in [0.1, 0.15) is 52.4 Å². The number of hydrogen-bond donors (Lipinski definition) is 1. The van der Waals surface area contributed by atoms with Crippen molar-refractivity contribution in [1.29, 1.82) is 0 Å². The molecule has 0 radical (unpaired) electrons. The molecule has 14 heavy (non-hydrogen) atoms. The summed E-state index contributed by atoms with van der Waals surface area (Å²) in [6.45, 7) is 4.63. The molecule has 2 N–H and O–H groups in total. The molecule has 2 saturated carbocycles. The topological polar surface area (TPSA) is 26.0 Å². The van der Waals surface area contributed by atoms with E-state index in [1.54, 1.807) is 0 Å². The Kier molecular flexibility index (Phi) is 3.16. The summed E-state index contributed by atoms with van der Waals surface area (Å²) in [6.07, 6.45) is 8.37. The van der Waals surface area contributed by atoms with Gasteiger partial charge in [0.1, 0.15) is 0 Å². The molecule has 1 heteroatoms. The lowest BCUT2D eigenvalue weighted by atomic mass is 9.93. The standard InChI is InChI=1S/C13H25N/c1-3-5-9(2)8-12(14)13-10-6-4-7-11(10)13/h9-13H,3-8,14H2,1-2H3. The van der Waals surface area contributed by atoms with Crippen LogP contribution in [-0.4, -0.2) is 6.04 Å². The van der Waals surface area contributed by atoms with Crippen LogP contribution < -0.4 is 5.73 Å². The molecule has 0 aromatic carbocycles. The molecule has 4 atom stereocenters. The molecule has 0 amide bonds. The van der Waals surface area contributed by atoms with Crippen LogP contribution in [0.25, 0.3) is 0 Å². The minimum Gasteiger partial charge on any atom is -0.327 e. The maximum absolute atomic E-state index is 6.30. The first-order valence-corrected chi connectivity index (χ1v) is 6.49. The van der Waals surface area contributed by atoms with E-state index in [1.165, 1.54) is 38.5 Å². The fraction of sp³-hybridized carbons (Fsp3) is 1.00. The van der Waals surface area contributed by atoms with Gasteiger partial charge in [-0.25, -0.2) is 0 Å². The number of rotatable bonds is 5. The highest BCUT2D eigenvalue weighted by Gasteiger charge is 2.54. The predicted octanol–water partition coefficient (Wildman–Crippen LogP) is 3.19. The van der Waals surface area contributed by atoms with Crippen molar-refractivity contribution in [1.82, 2.24) is 0 Å². The lowest BCUT2D eigenvalue weighted by molar-refractivity contribution is 0.379. The van der Waals surface area contributed by atoms with Gasteiger partial charge in [-0.2, -0.15) is 0 Å². The molecule has 0 heterocycles. The molecular weight excluding hydrogens is 170 g/mol. The summed E-state index contributed by atoms with van der Waals surface area (Å²) >= 11 is 0. The van der Waals surface area contributed by atoms with Gasteiger partial charge in [-0.1, -0.05) is 33.1 Å². The zero-order valence-electron chi connectivity index (χ0n) is 9.71. The Labute approximate surface area is 88.4 Å². The summed E-state index contributed by atoms with van der Waals surface area (Å²) in [5, 5.41) is 0. The summed E-state index contributed by atoms with van der Waals surface area (Å²) in [5.41, 5.74) is 6.30. The summed E-state index contributed by atoms with van der Waals surface area (Å²) in [7, 11) is 0. The quantitative estimate of drug-likeness (QED) is 0.716. The van der Waals surface area contributed by atoms with E-state index in [9.17, 15) is 0 Å². The van der Waals surface area contributed by atoms with Crippen molar-refractivity contribution in [2.24, 2.45) is 29.4 Å². The molecular formula is C13H25N. The Balaban J connectivity index is 1.71. The zero-order chi connectivity index (χ0) is 10.1. The maximum atomic E-state index is 6.30. The summed E-state index contributed by atoms with van der Waals surface area (Å²) < 4.78 is 0. The molecule has 0 aliphatic heterocycles. The van der Waals surface area contributed by atoms with Gasteiger partial charge in [0.25, 0.3) is 0 Å². The fourth-order valence-corrected chi connectivity index (χ4v) is 3.74. The molecule has 0 spiro atoms. The molecule has 2 aliphatic rings. The molecule has 82 valence electrons. The van der Waals surface area contributed by atoms with Crippen LogP contribution in [0, 0.1) is 23.7 Å². The molecule has 0 saturated heterocycles. The van der Waals surface area contributed by atoms with E-state index < -0.39 is 0 Å². The fourth-order valence-electron chi connectivity index (χ4n) is 3.74. The van der Waals surface area contributed by atoms with Crippen molar-refractivity contribution >= 4 is 0 Å². The van der Waals surface area contributed by atoms with Crippen LogP contribution in [0.3, 0.4) is 0 Å². The highest BCUT2D eigenvalue weighted by atomic mass is 14.7. The second-order valence-corrected chi connectivity index (χ2v) is 5.63. The van der Waals surface area contributed by atoms with Crippen LogP contribution >= 0.6 is 0 Å². The van der Waals surface area contributed by atoms with Crippen molar-refractivity contribution in [3.05, 3.63) is 0 Å². The van der Waals surface area contributed by atoms with Crippen LogP contribution in [0.2, 0.25) is 0 Å². The number of hydrogen-bond acceptors (Lipinski definition) is 1. The normalized spacial score (nSPS) is 39.2. The average molecular weight is 195 g/mol. The molecule has 0 aromatic heterocycles. The van der Waals surface area contributed by atoms with Crippen LogP contribution in [-0.2, 0) is 0 Å². The molecule has 2 fully saturated rings. The van der Waals surface area contributed by atoms with Gasteiger partial charge in [-0.05, 0) is 42.9 Å². The molecule has 4 unspecified atom stereocenters. The zero-order valence-corrected chi connectivity index (χ0v) is 9.71. The third kappa shape index (κ3) is 1.98. The van der Waals surface area contributed by atoms with Crippen LogP contribution in [0.5, 0.6) is 0 Å². The minimum absolute atomic E-state index is 0.520. The van der Waals surface area contributed by atoms with Gasteiger partial charge in [-0.3, -0.25) is 0 Å². The lowest BCUT2D eigenvalue weighted by Crippen LogP contribution is -2.27. The smallest absolute Gasteiger partial charge is 0.00752 e. The minimum atomic E-state index is 0.520. The van der Waals surface area contributed by atoms with Gasteiger partial charge in [0.05, 0.1) is 0 Å². The summed E-state index contributed by atoms with van der Waals surface area (Å²) in [4.78, 5) is 0. The van der Waals surface area contributed by atoms with Crippen molar-refractivity contribution in [3.8, 4) is 0 Å². The molecule has 2 aliphatic carbocycles. The van der Waals surface area contributed by atoms with Gasteiger partial charge < -0.3 is 5.73 Å². The Bertz CT molecular complexity index is 180. The third-order valence-corrected chi connectivity index (χ3v) is 4.42. The average Bonchev–Trinajstić information content (AvgIpc) is 2.61. The Morgan fingerprint density at radius 3 is 2.50 bits per heavy atom. The van der Waals surface area contributed by atoms with E-state index in [-0.39, 0.29) is 0 Å². The van der Waals surface area contributed by atoms with Crippen molar-refractivity contribution in [2.75, 3.05) is 0 Å². The maximum Gasteiger partial charge on any atom is 0.00752 e. The van der Waals surface area contributed by atoms with E-state index in [1.807, 2.05) is 0 Å². The lowest BCUT2D eigenvalue weighted by Gasteiger charge is -2.18. The van der Waals surface area contributed by atoms with Gasteiger partial charge in [-0.15, -0.1) is 0 Å². The van der Waals surface area contributed by atoms with Crippen molar-refractivity contribution in [3.63, 3.8) is 0 Å². The van der Waals surface area contributed by atoms with Gasteiger partial charge in [0.2, 0.25) is 0 Å². The monoisotopic (exact) mass is 195 g/mol. The second kappa shape index (κ2) is 4.22. The molecule has 0 bridgehead atoms. The van der Waals surface area contributed by atoms with E-state index in [0.717, 1.165) is 23.7 Å². The first-order valence-electron chi connectivity index (χ1n) is 6.49. The van der Waals surface area contributed by atoms with Crippen LogP contribution in [0.4, 0.5) is 0 Å². The first kappa shape index (κ1) is 10.5.